The molecule has 1 aromatic heterocycles. The van der Waals surface area contributed by atoms with E-state index in [-0.39, 0.29) is 18.3 Å². The summed E-state index contributed by atoms with van der Waals surface area (Å²) in [6.07, 6.45) is -17.8. The van der Waals surface area contributed by atoms with Crippen molar-refractivity contribution in [1.29, 1.82) is 0 Å². The molecule has 3 nitrogen and oxygen atoms in total. The van der Waals surface area contributed by atoms with Gasteiger partial charge in [0.25, 0.3) is 0 Å². The van der Waals surface area contributed by atoms with Crippen LogP contribution < -0.4 is 5.46 Å². The predicted molar refractivity (Wildman–Crippen MR) is 319 cm³/mol. The van der Waals surface area contributed by atoms with Crippen LogP contribution in [0.2, 0.25) is 0 Å². The van der Waals surface area contributed by atoms with Gasteiger partial charge in [-0.2, -0.15) is 0 Å². The summed E-state index contributed by atoms with van der Waals surface area (Å²) in [5.74, 6) is 0. The smallest absolute Gasteiger partial charge is 0.399 e. The van der Waals surface area contributed by atoms with Crippen molar-refractivity contribution < 1.29 is 9.31 Å². The molecular formula is C19H20B40NO2. The standard InChI is InChI=1S/C19H20BNO2.B39/c1-18(2)19(3,4)23-20(22-18)15-11-14-10-9-13-7-5-6-8-16(13)17(14)21-12-15;1-21-31(20)36(30(18)19)39(37(32(22(2)3)23(4)5)33(24(6)7)25(8)9)38(34(26(10)11)27(12)13)35(28(14)15)29(16)17/h5-12H,1-4H3;. The Morgan fingerprint density at radius 2 is 0.806 bits per heavy atom. The minimum absolute atomic E-state index is 0.337. The average molecular weight is 727 g/mol. The number of aromatic nitrogens is 1. The Kier molecular flexibility index (Phi) is 22.3. The topological polar surface area (TPSA) is 31.4 Å². The minimum Gasteiger partial charge on any atom is -0.399 e. The molecule has 1 fully saturated rings. The molecule has 0 saturated carbocycles. The lowest BCUT2D eigenvalue weighted by molar-refractivity contribution is 0.00578. The summed E-state index contributed by atoms with van der Waals surface area (Å²) in [5, 5.41) is 3.48. The van der Waals surface area contributed by atoms with Gasteiger partial charge in [-0.05, 0) is 33.1 Å². The van der Waals surface area contributed by atoms with E-state index in [2.05, 4.69) is 63.0 Å². The van der Waals surface area contributed by atoms with E-state index in [0.29, 0.717) is 0 Å². The molecule has 62 heavy (non-hydrogen) atoms. The van der Waals surface area contributed by atoms with Gasteiger partial charge in [-0.15, -0.1) is 0 Å². The molecule has 41 radical (unpaired) electrons. The lowest BCUT2D eigenvalue weighted by atomic mass is 8.28. The Balaban J connectivity index is 0.000000371. The zero-order valence-electron chi connectivity index (χ0n) is 36.5. The third-order valence-corrected chi connectivity index (χ3v) is 12.9. The van der Waals surface area contributed by atoms with E-state index in [9.17, 15) is 0 Å². The first-order valence-electron chi connectivity index (χ1n) is 20.7. The van der Waals surface area contributed by atoms with Gasteiger partial charge in [0.05, 0.1) is 16.7 Å². The van der Waals surface area contributed by atoms with Gasteiger partial charge in [-0.3, -0.25) is 4.98 Å². The molecule has 2 heterocycles. The number of hydrogen-bond acceptors (Lipinski definition) is 3. The van der Waals surface area contributed by atoms with Gasteiger partial charge >= 0.3 is 7.12 Å². The Bertz CT molecular complexity index is 1700. The third kappa shape index (κ3) is 13.4. The van der Waals surface area contributed by atoms with E-state index in [1.165, 1.54) is 17.8 Å². The van der Waals surface area contributed by atoms with Crippen LogP contribution in [-0.2, 0) is 9.31 Å². The van der Waals surface area contributed by atoms with Crippen LogP contribution in [0.3, 0.4) is 0 Å². The second-order valence-corrected chi connectivity index (χ2v) is 17.8. The van der Waals surface area contributed by atoms with E-state index in [4.69, 9.17) is 164 Å². The highest BCUT2D eigenvalue weighted by Crippen LogP contribution is 2.36. The Hall–Kier alpha value is 0.627. The van der Waals surface area contributed by atoms with Crippen LogP contribution in [0.15, 0.2) is 48.7 Å². The van der Waals surface area contributed by atoms with Crippen molar-refractivity contribution in [2.24, 2.45) is 0 Å². The van der Waals surface area contributed by atoms with Crippen molar-refractivity contribution in [2.75, 3.05) is 0 Å². The van der Waals surface area contributed by atoms with Crippen LogP contribution in [0.1, 0.15) is 27.7 Å². The third-order valence-electron chi connectivity index (χ3n) is 12.9. The highest BCUT2D eigenvalue weighted by Gasteiger charge is 2.57. The molecule has 0 atom stereocenters. The van der Waals surface area contributed by atoms with Crippen molar-refractivity contribution in [3.63, 3.8) is 0 Å². The van der Waals surface area contributed by atoms with Gasteiger partial charge in [0, 0.05) is 299 Å². The fourth-order valence-electron chi connectivity index (χ4n) is 9.28. The fourth-order valence-corrected chi connectivity index (χ4v) is 9.28. The molecule has 0 amide bonds. The zero-order chi connectivity index (χ0) is 47.3. The number of hydrogen-bond donors (Lipinski definition) is 0. The Labute approximate surface area is 410 Å². The molecule has 1 saturated heterocycles. The number of rotatable bonds is 19. The number of nitrogens with zero attached hydrogens (tertiary/aromatic N) is 1. The van der Waals surface area contributed by atoms with Gasteiger partial charge in [0.2, 0.25) is 0 Å². The quantitative estimate of drug-likeness (QED) is 0.0910. The van der Waals surface area contributed by atoms with Crippen LogP contribution >= 0.6 is 0 Å². The van der Waals surface area contributed by atoms with E-state index in [1.807, 2.05) is 18.3 Å². The first-order chi connectivity index (χ1) is 28.6. The van der Waals surface area contributed by atoms with Crippen molar-refractivity contribution in [2.45, 2.75) is 38.9 Å². The van der Waals surface area contributed by atoms with Crippen molar-refractivity contribution in [1.82, 2.24) is 4.98 Å². The van der Waals surface area contributed by atoms with Gasteiger partial charge in [0.15, 0.2) is 0 Å². The monoisotopic (exact) mass is 735 g/mol. The molecule has 0 aliphatic carbocycles. The molecule has 0 unspecified atom stereocenters. The normalized spacial score (nSPS) is 13.3. The van der Waals surface area contributed by atoms with Gasteiger partial charge < -0.3 is 9.31 Å². The van der Waals surface area contributed by atoms with Crippen LogP contribution in [0.4, 0.5) is 0 Å². The molecule has 4 rings (SSSR count). The maximum absolute atomic E-state index is 6.46. The summed E-state index contributed by atoms with van der Waals surface area (Å²) >= 11 is 0. The van der Waals surface area contributed by atoms with Crippen LogP contribution in [0, 0.1) is 0 Å². The summed E-state index contributed by atoms with van der Waals surface area (Å²) in [7, 11) is 125. The number of fused-ring (bicyclic) bond motifs is 3. The molecular weight excluding hydrogens is 707 g/mol. The highest BCUT2D eigenvalue weighted by atomic mass is 16.7. The summed E-state index contributed by atoms with van der Waals surface area (Å²) in [6, 6.07) is 14.7. The van der Waals surface area contributed by atoms with Crippen LogP contribution in [0.25, 0.3) is 21.7 Å². The summed E-state index contributed by atoms with van der Waals surface area (Å²) in [5.41, 5.74) is 1.31. The van der Waals surface area contributed by atoms with Gasteiger partial charge in [-0.1, -0.05) is 42.5 Å². The van der Waals surface area contributed by atoms with E-state index in [1.54, 1.807) is 0 Å². The Morgan fingerprint density at radius 1 is 0.468 bits per heavy atom. The fraction of sp³-hybridized carbons (Fsp3) is 0.316. The molecule has 0 bridgehead atoms. The Morgan fingerprint density at radius 3 is 1.16 bits per heavy atom. The van der Waals surface area contributed by atoms with Crippen LogP contribution in [-0.4, -0.2) is 300 Å². The molecule has 233 valence electrons. The number of benzene rings is 2. The van der Waals surface area contributed by atoms with E-state index < -0.39 is 115 Å². The minimum atomic E-state index is -1.19. The zero-order valence-corrected chi connectivity index (χ0v) is 36.5. The molecule has 0 spiro atoms. The van der Waals surface area contributed by atoms with E-state index >= 15 is 0 Å². The second-order valence-electron chi connectivity index (χ2n) is 17.8. The van der Waals surface area contributed by atoms with Crippen molar-refractivity contribution >= 4 is 311 Å². The summed E-state index contributed by atoms with van der Waals surface area (Å²) < 4.78 is 12.2. The molecule has 2 aromatic carbocycles. The lowest BCUT2D eigenvalue weighted by Gasteiger charge is -2.54. The average Bonchev–Trinajstić information content (AvgIpc) is 3.37. The maximum Gasteiger partial charge on any atom is 0.496 e. The lowest BCUT2D eigenvalue weighted by Crippen LogP contribution is -2.92. The van der Waals surface area contributed by atoms with E-state index in [0.717, 1.165) is 16.4 Å². The molecule has 1 aliphatic rings. The summed E-state index contributed by atoms with van der Waals surface area (Å²) in [6.45, 7) is 8.26. The SMILES string of the molecule is CC1(C)OB(c2cnc3c(ccc4ccccc43)c2)OC1(C)C.[B][B]B([B])B(B([B])[B])B(B(B(B([B])[B])B([B])[B])B(B([B])[B])B([B])[B])B(B(B([B])[B])B([B])[B])B(B([B])[B])B([B])[B]. The predicted octanol–water partition coefficient (Wildman–Crippen LogP) is -11.2. The second kappa shape index (κ2) is 24.3. The molecule has 0 N–H and O–H groups in total. The molecule has 3 aromatic rings. The van der Waals surface area contributed by atoms with Crippen molar-refractivity contribution in [3.8, 4) is 0 Å². The maximum atomic E-state index is 6.46. The molecule has 43 heteroatoms. The van der Waals surface area contributed by atoms with Crippen LogP contribution in [0.5, 0.6) is 0 Å². The first kappa shape index (κ1) is 56.9. The van der Waals surface area contributed by atoms with Crippen molar-refractivity contribution in [3.05, 3.63) is 48.7 Å². The summed E-state index contributed by atoms with van der Waals surface area (Å²) in [4.78, 5) is 4.69. The largest absolute Gasteiger partial charge is 0.496 e. The first-order valence-corrected chi connectivity index (χ1v) is 20.7. The number of pyridine rings is 1. The van der Waals surface area contributed by atoms with Gasteiger partial charge in [0.1, 0.15) is 0 Å². The molecule has 1 aliphatic heterocycles. The highest BCUT2D eigenvalue weighted by molar-refractivity contribution is 8.31. The van der Waals surface area contributed by atoms with Gasteiger partial charge in [-0.25, -0.2) is 0 Å².